The second kappa shape index (κ2) is 8.26. The monoisotopic (exact) mass is 511 g/mol. The number of aliphatic carboxylic acids is 1. The van der Waals surface area contributed by atoms with Crippen LogP contribution in [0.2, 0.25) is 5.02 Å². The van der Waals surface area contributed by atoms with Gasteiger partial charge in [-0.05, 0) is 69.3 Å². The van der Waals surface area contributed by atoms with E-state index in [9.17, 15) is 9.90 Å². The molecule has 5 aliphatic carbocycles. The molecule has 3 aromatic heterocycles. The normalized spacial score (nSPS) is 27.4. The number of hydrogen-bond acceptors (Lipinski definition) is 7. The van der Waals surface area contributed by atoms with E-state index in [1.54, 1.807) is 6.07 Å². The van der Waals surface area contributed by atoms with Gasteiger partial charge in [0.05, 0.1) is 16.3 Å². The number of carboxylic acid groups (broad SMARTS) is 1. The van der Waals surface area contributed by atoms with Crippen molar-refractivity contribution < 1.29 is 14.3 Å². The predicted octanol–water partition coefficient (Wildman–Crippen LogP) is 4.64. The Kier molecular flexibility index (Phi) is 5.09. The first-order valence-corrected chi connectivity index (χ1v) is 13.2. The number of aromatic nitrogens is 5. The van der Waals surface area contributed by atoms with Crippen LogP contribution in [0.25, 0.3) is 22.6 Å². The molecule has 188 valence electrons. The first-order chi connectivity index (χ1) is 17.5. The predicted molar refractivity (Wildman–Crippen MR) is 132 cm³/mol. The van der Waals surface area contributed by atoms with Gasteiger partial charge in [0.1, 0.15) is 5.69 Å². The zero-order valence-electron chi connectivity index (χ0n) is 19.6. The molecule has 0 aliphatic heterocycles. The summed E-state index contributed by atoms with van der Waals surface area (Å²) in [5, 5.41) is 21.6. The van der Waals surface area contributed by atoms with Crippen LogP contribution < -0.4 is 10.2 Å². The summed E-state index contributed by atoms with van der Waals surface area (Å²) in [6, 6.07) is 1.91. The Labute approximate surface area is 211 Å². The number of anilines is 2. The topological polar surface area (TPSA) is 120 Å². The fraction of sp³-hybridized carbons (Fsp3) is 0.560. The molecular formula is C25H27ClFN7O2. The lowest BCUT2D eigenvalue weighted by atomic mass is 9.61. The summed E-state index contributed by atoms with van der Waals surface area (Å²) in [5.41, 5.74) is 0.978. The van der Waals surface area contributed by atoms with Crippen molar-refractivity contribution in [3.8, 4) is 11.5 Å². The van der Waals surface area contributed by atoms with Gasteiger partial charge in [0.15, 0.2) is 23.1 Å². The molecule has 2 bridgehead atoms. The van der Waals surface area contributed by atoms with Crippen LogP contribution in [0.3, 0.4) is 0 Å². The summed E-state index contributed by atoms with van der Waals surface area (Å²) in [4.78, 5) is 27.9. The molecule has 3 N–H and O–H groups in total. The van der Waals surface area contributed by atoms with Crippen LogP contribution in [0.15, 0.2) is 12.3 Å². The van der Waals surface area contributed by atoms with E-state index >= 15 is 4.39 Å². The van der Waals surface area contributed by atoms with Gasteiger partial charge in [-0.15, -0.1) is 0 Å². The fourth-order valence-electron chi connectivity index (χ4n) is 6.38. The largest absolute Gasteiger partial charge is 0.481 e. The average molecular weight is 512 g/mol. The molecule has 3 heterocycles. The molecule has 36 heavy (non-hydrogen) atoms. The fourth-order valence-corrected chi connectivity index (χ4v) is 6.54. The summed E-state index contributed by atoms with van der Waals surface area (Å²) in [7, 11) is 0. The Hall–Kier alpha value is -3.01. The number of carbonyl (C=O) groups is 1. The Morgan fingerprint density at radius 3 is 2.44 bits per heavy atom. The maximum atomic E-state index is 16.2. The Morgan fingerprint density at radius 1 is 1.08 bits per heavy atom. The first-order valence-electron chi connectivity index (χ1n) is 12.8. The average Bonchev–Trinajstić information content (AvgIpc) is 3.81. The molecule has 0 saturated heterocycles. The van der Waals surface area contributed by atoms with Crippen LogP contribution >= 0.6 is 11.6 Å². The summed E-state index contributed by atoms with van der Waals surface area (Å²) in [6.45, 7) is 0. The van der Waals surface area contributed by atoms with Crippen molar-refractivity contribution in [2.24, 2.45) is 17.8 Å². The van der Waals surface area contributed by atoms with Crippen LogP contribution in [0.5, 0.6) is 0 Å². The standard InChI is InChI=1S/C25H27ClFN7O2/c26-13-9-16-20(32-33-21(16)28-10-13)23-30-22(18(27)24(31-23)34(14-5-6-14)15-7-8-15)29-19-12-3-1-11(2-4-12)17(19)25(35)36/h9-12,14-15,17,19H,1-8H2,(H,35,36)(H,28,32,33)(H,29,30,31). The van der Waals surface area contributed by atoms with Crippen molar-refractivity contribution in [2.45, 2.75) is 69.5 Å². The van der Waals surface area contributed by atoms with Gasteiger partial charge in [-0.25, -0.2) is 15.0 Å². The number of halogens is 2. The third-order valence-corrected chi connectivity index (χ3v) is 8.57. The van der Waals surface area contributed by atoms with E-state index in [1.165, 1.54) is 6.20 Å². The maximum absolute atomic E-state index is 16.2. The summed E-state index contributed by atoms with van der Waals surface area (Å²) >= 11 is 6.20. The molecule has 5 aliphatic rings. The molecule has 5 saturated carbocycles. The Bertz CT molecular complexity index is 1340. The zero-order valence-corrected chi connectivity index (χ0v) is 20.4. The van der Waals surface area contributed by atoms with E-state index < -0.39 is 17.7 Å². The van der Waals surface area contributed by atoms with E-state index in [0.717, 1.165) is 51.4 Å². The van der Waals surface area contributed by atoms with Crippen molar-refractivity contribution in [2.75, 3.05) is 10.2 Å². The third kappa shape index (κ3) is 3.68. The molecule has 2 atom stereocenters. The second-order valence-electron chi connectivity index (χ2n) is 10.7. The van der Waals surface area contributed by atoms with Gasteiger partial charge < -0.3 is 15.3 Å². The van der Waals surface area contributed by atoms with Crippen molar-refractivity contribution >= 4 is 40.2 Å². The van der Waals surface area contributed by atoms with Gasteiger partial charge in [-0.3, -0.25) is 9.89 Å². The molecule has 2 unspecified atom stereocenters. The summed E-state index contributed by atoms with van der Waals surface area (Å²) in [5.74, 6) is -0.986. The maximum Gasteiger partial charge on any atom is 0.308 e. The van der Waals surface area contributed by atoms with Crippen molar-refractivity contribution in [3.05, 3.63) is 23.1 Å². The van der Waals surface area contributed by atoms with E-state index in [4.69, 9.17) is 16.6 Å². The SMILES string of the molecule is O=C(O)C1C2CCC(CC2)C1Nc1nc(-c2[nH]nc3ncc(Cl)cc23)nc(N(C2CC2)C2CC2)c1F. The van der Waals surface area contributed by atoms with Crippen molar-refractivity contribution in [1.29, 1.82) is 0 Å². The van der Waals surface area contributed by atoms with Crippen LogP contribution in [0.4, 0.5) is 16.0 Å². The van der Waals surface area contributed by atoms with Gasteiger partial charge in [-0.1, -0.05) is 11.6 Å². The minimum atomic E-state index is -0.824. The second-order valence-corrected chi connectivity index (χ2v) is 11.2. The third-order valence-electron chi connectivity index (χ3n) is 8.37. The summed E-state index contributed by atoms with van der Waals surface area (Å²) < 4.78 is 16.2. The highest BCUT2D eigenvalue weighted by molar-refractivity contribution is 6.31. The number of fused-ring (bicyclic) bond motifs is 4. The number of hydrogen-bond donors (Lipinski definition) is 3. The van der Waals surface area contributed by atoms with Crippen LogP contribution in [-0.4, -0.2) is 54.4 Å². The van der Waals surface area contributed by atoms with E-state index in [1.807, 2.05) is 0 Å². The molecule has 0 spiro atoms. The van der Waals surface area contributed by atoms with Crippen molar-refractivity contribution in [1.82, 2.24) is 25.1 Å². The highest BCUT2D eigenvalue weighted by Gasteiger charge is 2.48. The highest BCUT2D eigenvalue weighted by Crippen LogP contribution is 2.47. The number of nitrogens with zero attached hydrogens (tertiary/aromatic N) is 5. The molecular weight excluding hydrogens is 485 g/mol. The van der Waals surface area contributed by atoms with Gasteiger partial charge in [-0.2, -0.15) is 9.49 Å². The molecule has 5 fully saturated rings. The lowest BCUT2D eigenvalue weighted by Gasteiger charge is -2.47. The van der Waals surface area contributed by atoms with E-state index in [-0.39, 0.29) is 41.6 Å². The lowest BCUT2D eigenvalue weighted by molar-refractivity contribution is -0.148. The van der Waals surface area contributed by atoms with Crippen molar-refractivity contribution in [3.63, 3.8) is 0 Å². The minimum absolute atomic E-state index is 0.0582. The Morgan fingerprint density at radius 2 is 1.78 bits per heavy atom. The number of carboxylic acids is 1. The molecule has 8 rings (SSSR count). The van der Waals surface area contributed by atoms with Gasteiger partial charge in [0.2, 0.25) is 5.82 Å². The van der Waals surface area contributed by atoms with E-state index in [2.05, 4.69) is 30.4 Å². The number of rotatable bonds is 7. The van der Waals surface area contributed by atoms with Gasteiger partial charge in [0.25, 0.3) is 0 Å². The first kappa shape index (κ1) is 22.2. The quantitative estimate of drug-likeness (QED) is 0.419. The molecule has 0 radical (unpaired) electrons. The lowest BCUT2D eigenvalue weighted by Crippen LogP contribution is -2.51. The number of H-pyrrole nitrogens is 1. The molecule has 9 nitrogen and oxygen atoms in total. The van der Waals surface area contributed by atoms with E-state index in [0.29, 0.717) is 27.6 Å². The highest BCUT2D eigenvalue weighted by atomic mass is 35.5. The number of aromatic amines is 1. The minimum Gasteiger partial charge on any atom is -0.481 e. The molecule has 0 amide bonds. The number of pyridine rings is 1. The Balaban J connectivity index is 1.35. The molecule has 3 aromatic rings. The number of nitrogens with one attached hydrogen (secondary N) is 2. The zero-order chi connectivity index (χ0) is 24.6. The smallest absolute Gasteiger partial charge is 0.308 e. The summed E-state index contributed by atoms with van der Waals surface area (Å²) in [6.07, 6.45) is 9.28. The van der Waals surface area contributed by atoms with Crippen LogP contribution in [0, 0.1) is 23.6 Å². The van der Waals surface area contributed by atoms with Gasteiger partial charge in [0, 0.05) is 24.3 Å². The van der Waals surface area contributed by atoms with Crippen LogP contribution in [-0.2, 0) is 4.79 Å². The van der Waals surface area contributed by atoms with Crippen LogP contribution in [0.1, 0.15) is 51.4 Å². The van der Waals surface area contributed by atoms with Gasteiger partial charge >= 0.3 is 5.97 Å². The molecule has 0 aromatic carbocycles. The molecule has 11 heteroatoms.